The Kier molecular flexibility index (Phi) is 5.70. The van der Waals surface area contributed by atoms with Crippen LogP contribution in [0, 0.1) is 5.82 Å². The molecule has 1 aromatic heterocycles. The van der Waals surface area contributed by atoms with Crippen molar-refractivity contribution in [2.24, 2.45) is 7.05 Å². The Bertz CT molecular complexity index is 1010. The second kappa shape index (κ2) is 7.82. The van der Waals surface area contributed by atoms with Crippen LogP contribution in [0.3, 0.4) is 0 Å². The van der Waals surface area contributed by atoms with Gasteiger partial charge in [0.2, 0.25) is 5.52 Å². The molecule has 0 aliphatic carbocycles. The van der Waals surface area contributed by atoms with E-state index in [-0.39, 0.29) is 18.2 Å². The lowest BCUT2D eigenvalue weighted by molar-refractivity contribution is -0.642. The Morgan fingerprint density at radius 3 is 2.77 bits per heavy atom. The zero-order valence-electron chi connectivity index (χ0n) is 14.4. The fourth-order valence-corrected chi connectivity index (χ4v) is 5.19. The van der Waals surface area contributed by atoms with Gasteiger partial charge in [-0.25, -0.2) is 4.39 Å². The van der Waals surface area contributed by atoms with Crippen molar-refractivity contribution in [2.45, 2.75) is 11.8 Å². The lowest BCUT2D eigenvalue weighted by Crippen LogP contribution is -3.00. The minimum atomic E-state index is -0.188. The topological polar surface area (TPSA) is 7.12 Å². The highest BCUT2D eigenvalue weighted by Crippen LogP contribution is 2.45. The van der Waals surface area contributed by atoms with Crippen LogP contribution in [0.4, 0.5) is 10.1 Å². The molecule has 0 N–H and O–H groups in total. The van der Waals surface area contributed by atoms with Crippen LogP contribution in [0.5, 0.6) is 0 Å². The SMILES string of the molecule is CCN1/C(=C/C=C/c2sc3ccccc3[n+]2C)Sc2ccc(F)cc21.[Cl-]. The molecule has 134 valence electrons. The summed E-state index contributed by atoms with van der Waals surface area (Å²) in [5.74, 6) is -0.188. The molecule has 0 unspecified atom stereocenters. The first-order valence-corrected chi connectivity index (χ1v) is 9.81. The van der Waals surface area contributed by atoms with Crippen molar-refractivity contribution < 1.29 is 21.4 Å². The summed E-state index contributed by atoms with van der Waals surface area (Å²) in [6.07, 6.45) is 6.32. The number of nitrogens with zero attached hydrogens (tertiary/aromatic N) is 2. The number of thioether (sulfide) groups is 1. The van der Waals surface area contributed by atoms with Gasteiger partial charge in [0.15, 0.2) is 0 Å². The fourth-order valence-electron chi connectivity index (χ4n) is 3.00. The molecule has 1 aliphatic rings. The van der Waals surface area contributed by atoms with E-state index in [2.05, 4.69) is 65.9 Å². The van der Waals surface area contributed by atoms with Gasteiger partial charge >= 0.3 is 0 Å². The van der Waals surface area contributed by atoms with E-state index in [1.807, 2.05) is 6.07 Å². The smallest absolute Gasteiger partial charge is 0.262 e. The summed E-state index contributed by atoms with van der Waals surface area (Å²) in [7, 11) is 2.09. The number of para-hydroxylation sites is 1. The number of fused-ring (bicyclic) bond motifs is 2. The van der Waals surface area contributed by atoms with E-state index < -0.39 is 0 Å². The normalized spacial score (nSPS) is 15.0. The van der Waals surface area contributed by atoms with Gasteiger partial charge in [0.1, 0.15) is 17.6 Å². The van der Waals surface area contributed by atoms with Gasteiger partial charge in [0, 0.05) is 23.6 Å². The predicted molar refractivity (Wildman–Crippen MR) is 105 cm³/mol. The van der Waals surface area contributed by atoms with Crippen molar-refractivity contribution in [3.8, 4) is 0 Å². The van der Waals surface area contributed by atoms with Gasteiger partial charge in [-0.05, 0) is 37.3 Å². The molecule has 0 amide bonds. The zero-order chi connectivity index (χ0) is 17.4. The Balaban J connectivity index is 0.00000196. The fraction of sp³-hybridized carbons (Fsp3) is 0.150. The first-order valence-electron chi connectivity index (χ1n) is 8.18. The predicted octanol–water partition coefficient (Wildman–Crippen LogP) is 2.36. The lowest BCUT2D eigenvalue weighted by Gasteiger charge is -2.17. The van der Waals surface area contributed by atoms with Crippen molar-refractivity contribution in [3.05, 3.63) is 70.5 Å². The molecule has 2 aromatic carbocycles. The van der Waals surface area contributed by atoms with Crippen molar-refractivity contribution in [1.29, 1.82) is 0 Å². The monoisotopic (exact) mass is 404 g/mol. The quantitative estimate of drug-likeness (QED) is 0.619. The van der Waals surface area contributed by atoms with Crippen LogP contribution in [0.1, 0.15) is 11.9 Å². The van der Waals surface area contributed by atoms with Gasteiger partial charge in [0.25, 0.3) is 5.01 Å². The van der Waals surface area contributed by atoms with E-state index in [4.69, 9.17) is 0 Å². The molecule has 1 aliphatic heterocycles. The maximum Gasteiger partial charge on any atom is 0.262 e. The van der Waals surface area contributed by atoms with Crippen LogP contribution in [0.25, 0.3) is 16.3 Å². The highest BCUT2D eigenvalue weighted by atomic mass is 35.5. The second-order valence-corrected chi connectivity index (χ2v) is 7.91. The summed E-state index contributed by atoms with van der Waals surface area (Å²) in [5, 5.41) is 2.33. The number of allylic oxidation sites excluding steroid dienone is 2. The van der Waals surface area contributed by atoms with Gasteiger partial charge in [-0.15, -0.1) is 0 Å². The molecule has 0 saturated heterocycles. The number of aromatic nitrogens is 1. The van der Waals surface area contributed by atoms with Gasteiger partial charge < -0.3 is 17.3 Å². The van der Waals surface area contributed by atoms with Crippen LogP contribution < -0.4 is 21.9 Å². The number of hydrogen-bond acceptors (Lipinski definition) is 3. The summed E-state index contributed by atoms with van der Waals surface area (Å²) in [6.45, 7) is 2.91. The van der Waals surface area contributed by atoms with E-state index in [1.165, 1.54) is 21.3 Å². The zero-order valence-corrected chi connectivity index (χ0v) is 16.8. The van der Waals surface area contributed by atoms with Crippen molar-refractivity contribution in [2.75, 3.05) is 11.4 Å². The van der Waals surface area contributed by atoms with Gasteiger partial charge in [-0.3, -0.25) is 0 Å². The van der Waals surface area contributed by atoms with E-state index in [1.54, 1.807) is 29.2 Å². The van der Waals surface area contributed by atoms with E-state index >= 15 is 0 Å². The Morgan fingerprint density at radius 1 is 1.19 bits per heavy atom. The van der Waals surface area contributed by atoms with Crippen molar-refractivity contribution >= 4 is 45.1 Å². The van der Waals surface area contributed by atoms with Gasteiger partial charge in [-0.1, -0.05) is 41.3 Å². The van der Waals surface area contributed by atoms with Gasteiger partial charge in [0.05, 0.1) is 10.7 Å². The maximum absolute atomic E-state index is 13.5. The standard InChI is InChI=1S/C20H18FN2S2.ClH/c1-3-23-16-13-14(21)11-12-18(16)25-20(23)10-6-9-19-22(2)15-7-4-5-8-17(15)24-19;/h4-13H,3H2,1-2H3;1H/q+1;/p-1. The number of thiazole rings is 1. The first kappa shape index (κ1) is 19.0. The molecule has 0 bridgehead atoms. The molecule has 0 atom stereocenters. The van der Waals surface area contributed by atoms with Gasteiger partial charge in [-0.2, -0.15) is 4.57 Å². The molecule has 4 rings (SSSR count). The average Bonchev–Trinajstić information content (AvgIpc) is 3.12. The average molecular weight is 405 g/mol. The summed E-state index contributed by atoms with van der Waals surface area (Å²) < 4.78 is 17.0. The van der Waals surface area contributed by atoms with Crippen molar-refractivity contribution in [3.63, 3.8) is 0 Å². The number of anilines is 1. The second-order valence-electron chi connectivity index (χ2n) is 5.79. The molecule has 3 aromatic rings. The Morgan fingerprint density at radius 2 is 2.00 bits per heavy atom. The van der Waals surface area contributed by atoms with Crippen molar-refractivity contribution in [1.82, 2.24) is 0 Å². The molecule has 2 nitrogen and oxygen atoms in total. The summed E-state index contributed by atoms with van der Waals surface area (Å²) in [6, 6.07) is 13.4. The molecule has 0 saturated carbocycles. The molecule has 26 heavy (non-hydrogen) atoms. The summed E-state index contributed by atoms with van der Waals surface area (Å²) >= 11 is 3.47. The van der Waals surface area contributed by atoms with Crippen LogP contribution in [0.15, 0.2) is 64.5 Å². The summed E-state index contributed by atoms with van der Waals surface area (Å²) in [5.41, 5.74) is 2.20. The molecular weight excluding hydrogens is 387 g/mol. The maximum atomic E-state index is 13.5. The Labute approximate surface area is 167 Å². The Hall–Kier alpha value is -1.82. The number of halogens is 2. The minimum absolute atomic E-state index is 0. The molecule has 6 heteroatoms. The van der Waals surface area contributed by atoms with Crippen LogP contribution in [-0.4, -0.2) is 6.54 Å². The molecule has 0 fully saturated rings. The number of hydrogen-bond donors (Lipinski definition) is 0. The van der Waals surface area contributed by atoms with Crippen LogP contribution in [0.2, 0.25) is 0 Å². The number of benzene rings is 2. The highest BCUT2D eigenvalue weighted by molar-refractivity contribution is 8.03. The molecule has 0 radical (unpaired) electrons. The number of aryl methyl sites for hydroxylation is 1. The van der Waals surface area contributed by atoms with E-state index in [0.29, 0.717) is 0 Å². The molecule has 2 heterocycles. The molecular formula is C20H18ClFN2S2. The van der Waals surface area contributed by atoms with E-state index in [0.717, 1.165) is 22.2 Å². The molecule has 0 spiro atoms. The van der Waals surface area contributed by atoms with Crippen LogP contribution >= 0.6 is 23.1 Å². The third-order valence-corrected chi connectivity index (χ3v) is 6.57. The minimum Gasteiger partial charge on any atom is -1.00 e. The summed E-state index contributed by atoms with van der Waals surface area (Å²) in [4.78, 5) is 3.26. The van der Waals surface area contributed by atoms with E-state index in [9.17, 15) is 4.39 Å². The van der Waals surface area contributed by atoms with Crippen LogP contribution in [-0.2, 0) is 7.05 Å². The number of rotatable bonds is 3. The highest BCUT2D eigenvalue weighted by Gasteiger charge is 2.23. The third kappa shape index (κ3) is 3.39. The lowest BCUT2D eigenvalue weighted by atomic mass is 10.3. The third-order valence-electron chi connectivity index (χ3n) is 4.26. The first-order chi connectivity index (χ1) is 12.2. The largest absolute Gasteiger partial charge is 1.00 e.